The van der Waals surface area contributed by atoms with Crippen LogP contribution in [0.2, 0.25) is 19.6 Å². The third-order valence-corrected chi connectivity index (χ3v) is 5.11. The average Bonchev–Trinajstić information content (AvgIpc) is 2.24. The normalized spacial score (nSPS) is 27.7. The predicted molar refractivity (Wildman–Crippen MR) is 87.3 cm³/mol. The van der Waals surface area contributed by atoms with E-state index in [1.54, 1.807) is 5.57 Å². The molecule has 0 bridgehead atoms. The average molecular weight is 333 g/mol. The molecule has 3 heteroatoms. The number of ether oxygens (including phenoxy) is 1. The Morgan fingerprint density at radius 3 is 2.33 bits per heavy atom. The third kappa shape index (κ3) is 6.53. The molecule has 18 heavy (non-hydrogen) atoms. The predicted octanol–water partition coefficient (Wildman–Crippen LogP) is 5.31. The fourth-order valence-electron chi connectivity index (χ4n) is 2.73. The molecule has 0 radical (unpaired) electrons. The van der Waals surface area contributed by atoms with Crippen molar-refractivity contribution in [2.24, 2.45) is 0 Å². The second-order valence-electron chi connectivity index (χ2n) is 6.58. The zero-order valence-corrected chi connectivity index (χ0v) is 15.1. The number of hydrogen-bond acceptors (Lipinski definition) is 1. The smallest absolute Gasteiger partial charge is 0.0686 e. The maximum atomic E-state index is 6.23. The molecule has 0 aliphatic carbocycles. The van der Waals surface area contributed by atoms with Crippen LogP contribution in [0, 0.1) is 0 Å². The molecule has 106 valence electrons. The second-order valence-corrected chi connectivity index (χ2v) is 12.4. The molecule has 0 N–H and O–H groups in total. The standard InChI is InChI=1S/C15H29BrOSi/c1-5-7-14-10-13(12-18(2,3)4)11-15(17-14)8-6-9-16/h12,14-15H,5-11H2,1-4H3/b13-12-/t14-,15+/m1/s1. The van der Waals surface area contributed by atoms with Gasteiger partial charge in [-0.05, 0) is 32.1 Å². The maximum absolute atomic E-state index is 6.23. The Labute approximate surface area is 123 Å². The first-order chi connectivity index (χ1) is 8.44. The molecule has 1 rings (SSSR count). The van der Waals surface area contributed by atoms with E-state index >= 15 is 0 Å². The van der Waals surface area contributed by atoms with E-state index in [1.165, 1.54) is 38.5 Å². The van der Waals surface area contributed by atoms with Crippen molar-refractivity contribution in [3.8, 4) is 0 Å². The van der Waals surface area contributed by atoms with Crippen molar-refractivity contribution < 1.29 is 4.74 Å². The van der Waals surface area contributed by atoms with Crippen LogP contribution in [-0.2, 0) is 4.74 Å². The first-order valence-corrected chi connectivity index (χ1v) is 12.1. The second kappa shape index (κ2) is 7.86. The molecule has 1 fully saturated rings. The molecule has 0 saturated carbocycles. The molecule has 1 heterocycles. The van der Waals surface area contributed by atoms with E-state index in [-0.39, 0.29) is 0 Å². The van der Waals surface area contributed by atoms with Gasteiger partial charge in [-0.2, -0.15) is 0 Å². The lowest BCUT2D eigenvalue weighted by Crippen LogP contribution is -2.30. The molecule has 1 saturated heterocycles. The number of hydrogen-bond donors (Lipinski definition) is 0. The van der Waals surface area contributed by atoms with Gasteiger partial charge in [-0.1, -0.05) is 60.2 Å². The van der Waals surface area contributed by atoms with Crippen molar-refractivity contribution in [2.75, 3.05) is 5.33 Å². The van der Waals surface area contributed by atoms with Gasteiger partial charge in [0, 0.05) is 5.33 Å². The summed E-state index contributed by atoms with van der Waals surface area (Å²) < 4.78 is 6.23. The van der Waals surface area contributed by atoms with Crippen molar-refractivity contribution >= 4 is 24.0 Å². The Morgan fingerprint density at radius 2 is 1.83 bits per heavy atom. The van der Waals surface area contributed by atoms with E-state index in [2.05, 4.69) is 48.2 Å². The molecule has 1 nitrogen and oxygen atoms in total. The van der Waals surface area contributed by atoms with E-state index in [0.29, 0.717) is 12.2 Å². The van der Waals surface area contributed by atoms with Crippen LogP contribution < -0.4 is 0 Å². The lowest BCUT2D eigenvalue weighted by atomic mass is 9.95. The van der Waals surface area contributed by atoms with Crippen molar-refractivity contribution in [1.29, 1.82) is 0 Å². The highest BCUT2D eigenvalue weighted by atomic mass is 79.9. The zero-order chi connectivity index (χ0) is 13.6. The lowest BCUT2D eigenvalue weighted by molar-refractivity contribution is -0.0385. The van der Waals surface area contributed by atoms with Crippen molar-refractivity contribution in [3.05, 3.63) is 11.3 Å². The van der Waals surface area contributed by atoms with Crippen LogP contribution in [0.25, 0.3) is 0 Å². The summed E-state index contributed by atoms with van der Waals surface area (Å²) in [7, 11) is -1.08. The number of halogens is 1. The van der Waals surface area contributed by atoms with Gasteiger partial charge in [0.1, 0.15) is 0 Å². The zero-order valence-electron chi connectivity index (χ0n) is 12.5. The summed E-state index contributed by atoms with van der Waals surface area (Å²) in [6.45, 7) is 9.54. The summed E-state index contributed by atoms with van der Waals surface area (Å²) in [6.07, 6.45) is 8.19. The number of rotatable bonds is 6. The summed E-state index contributed by atoms with van der Waals surface area (Å²) in [4.78, 5) is 0. The van der Waals surface area contributed by atoms with Gasteiger partial charge in [-0.15, -0.1) is 0 Å². The Morgan fingerprint density at radius 1 is 1.22 bits per heavy atom. The Balaban J connectivity index is 2.64. The fourth-order valence-corrected chi connectivity index (χ4v) is 4.52. The maximum Gasteiger partial charge on any atom is 0.0686 e. The third-order valence-electron chi connectivity index (χ3n) is 3.27. The van der Waals surface area contributed by atoms with E-state index < -0.39 is 8.07 Å². The Kier molecular flexibility index (Phi) is 7.18. The topological polar surface area (TPSA) is 9.23 Å². The molecule has 0 unspecified atom stereocenters. The van der Waals surface area contributed by atoms with Crippen molar-refractivity contribution in [1.82, 2.24) is 0 Å². The first kappa shape index (κ1) is 16.5. The summed E-state index contributed by atoms with van der Waals surface area (Å²) >= 11 is 3.52. The summed E-state index contributed by atoms with van der Waals surface area (Å²) in [6, 6.07) is 0. The van der Waals surface area contributed by atoms with Crippen LogP contribution in [0.4, 0.5) is 0 Å². The summed E-state index contributed by atoms with van der Waals surface area (Å²) in [5.41, 5.74) is 4.29. The molecule has 0 amide bonds. The minimum Gasteiger partial charge on any atom is -0.374 e. The highest BCUT2D eigenvalue weighted by Gasteiger charge is 2.25. The quantitative estimate of drug-likeness (QED) is 0.472. The molecule has 0 aromatic heterocycles. The van der Waals surface area contributed by atoms with Gasteiger partial charge in [0.05, 0.1) is 20.3 Å². The monoisotopic (exact) mass is 332 g/mol. The summed E-state index contributed by atoms with van der Waals surface area (Å²) in [5.74, 6) is 0. The van der Waals surface area contributed by atoms with Gasteiger partial charge in [-0.3, -0.25) is 0 Å². The molecule has 0 aromatic rings. The largest absolute Gasteiger partial charge is 0.374 e. The van der Waals surface area contributed by atoms with E-state index in [1.807, 2.05) is 0 Å². The van der Waals surface area contributed by atoms with Gasteiger partial charge in [0.25, 0.3) is 0 Å². The van der Waals surface area contributed by atoms with Gasteiger partial charge < -0.3 is 4.74 Å². The lowest BCUT2D eigenvalue weighted by Gasteiger charge is -2.33. The van der Waals surface area contributed by atoms with Crippen LogP contribution in [0.3, 0.4) is 0 Å². The van der Waals surface area contributed by atoms with E-state index in [0.717, 1.165) is 5.33 Å². The Bertz CT molecular complexity index is 270. The molecule has 0 aromatic carbocycles. The van der Waals surface area contributed by atoms with Crippen LogP contribution in [-0.4, -0.2) is 25.6 Å². The molecule has 2 atom stereocenters. The molecular weight excluding hydrogens is 304 g/mol. The SMILES string of the molecule is CCC[C@@H]1C/C(=C/[Si](C)(C)C)C[C@H](CCCBr)O1. The number of alkyl halides is 1. The van der Waals surface area contributed by atoms with Crippen LogP contribution in [0.1, 0.15) is 45.4 Å². The minimum absolute atomic E-state index is 0.468. The van der Waals surface area contributed by atoms with Crippen LogP contribution in [0.5, 0.6) is 0 Å². The van der Waals surface area contributed by atoms with Crippen molar-refractivity contribution in [3.63, 3.8) is 0 Å². The Hall–Kier alpha value is 0.397. The molecule has 1 aliphatic rings. The first-order valence-electron chi connectivity index (χ1n) is 7.36. The van der Waals surface area contributed by atoms with E-state index in [4.69, 9.17) is 4.74 Å². The highest BCUT2D eigenvalue weighted by Crippen LogP contribution is 2.30. The van der Waals surface area contributed by atoms with Crippen molar-refractivity contribution in [2.45, 2.75) is 77.3 Å². The van der Waals surface area contributed by atoms with Gasteiger partial charge in [0.15, 0.2) is 0 Å². The minimum atomic E-state index is -1.08. The van der Waals surface area contributed by atoms with Gasteiger partial charge >= 0.3 is 0 Å². The molecular formula is C15H29BrOSi. The summed E-state index contributed by atoms with van der Waals surface area (Å²) in [5, 5.41) is 1.10. The van der Waals surface area contributed by atoms with Gasteiger partial charge in [-0.25, -0.2) is 0 Å². The van der Waals surface area contributed by atoms with Gasteiger partial charge in [0.2, 0.25) is 0 Å². The molecule has 0 spiro atoms. The molecule has 1 aliphatic heterocycles. The van der Waals surface area contributed by atoms with E-state index in [9.17, 15) is 0 Å². The highest BCUT2D eigenvalue weighted by molar-refractivity contribution is 9.09. The van der Waals surface area contributed by atoms with Crippen LogP contribution >= 0.6 is 15.9 Å². The fraction of sp³-hybridized carbons (Fsp3) is 0.867. The van der Waals surface area contributed by atoms with Crippen LogP contribution in [0.15, 0.2) is 11.3 Å².